The number of carbonyl (C=O) groups excluding carboxylic acids is 1. The first-order chi connectivity index (χ1) is 14.5. The lowest BCUT2D eigenvalue weighted by Gasteiger charge is -2.37. The van der Waals surface area contributed by atoms with E-state index in [1.165, 1.54) is 11.1 Å². The second-order valence-corrected chi connectivity index (χ2v) is 8.64. The van der Waals surface area contributed by atoms with Crippen LogP contribution in [0.3, 0.4) is 0 Å². The first kappa shape index (κ1) is 20.4. The van der Waals surface area contributed by atoms with Crippen LogP contribution in [0.4, 0.5) is 17.1 Å². The molecule has 2 aromatic rings. The molecule has 0 unspecified atom stereocenters. The van der Waals surface area contributed by atoms with Crippen molar-refractivity contribution in [3.05, 3.63) is 63.7 Å². The number of nitro groups is 1. The molecule has 2 aliphatic rings. The number of piperidine rings is 1. The summed E-state index contributed by atoms with van der Waals surface area (Å²) in [6.07, 6.45) is 3.47. The number of anilines is 2. The van der Waals surface area contributed by atoms with E-state index in [-0.39, 0.29) is 22.4 Å². The van der Waals surface area contributed by atoms with Gasteiger partial charge in [0.1, 0.15) is 5.69 Å². The lowest BCUT2D eigenvalue weighted by molar-refractivity contribution is -0.384. The molecular formula is C24H29N3O3. The van der Waals surface area contributed by atoms with E-state index in [1.807, 2.05) is 15.9 Å². The molecule has 0 aromatic heterocycles. The lowest BCUT2D eigenvalue weighted by Crippen LogP contribution is -2.44. The minimum atomic E-state index is -0.331. The number of rotatable bonds is 4. The Kier molecular flexibility index (Phi) is 5.75. The van der Waals surface area contributed by atoms with Crippen LogP contribution >= 0.6 is 0 Å². The van der Waals surface area contributed by atoms with Crippen LogP contribution in [0.5, 0.6) is 0 Å². The van der Waals surface area contributed by atoms with Crippen molar-refractivity contribution in [1.82, 2.24) is 0 Å². The quantitative estimate of drug-likeness (QED) is 0.533. The van der Waals surface area contributed by atoms with E-state index < -0.39 is 0 Å². The van der Waals surface area contributed by atoms with Crippen LogP contribution in [0, 0.1) is 16.0 Å². The maximum Gasteiger partial charge on any atom is 0.292 e. The van der Waals surface area contributed by atoms with Crippen molar-refractivity contribution in [2.24, 2.45) is 5.92 Å². The highest BCUT2D eigenvalue weighted by molar-refractivity contribution is 5.96. The molecule has 1 amide bonds. The van der Waals surface area contributed by atoms with Gasteiger partial charge in [-0.25, -0.2) is 0 Å². The molecule has 6 nitrogen and oxygen atoms in total. The van der Waals surface area contributed by atoms with Crippen LogP contribution < -0.4 is 9.80 Å². The average Bonchev–Trinajstić information content (AvgIpc) is 2.77. The summed E-state index contributed by atoms with van der Waals surface area (Å²) >= 11 is 0. The van der Waals surface area contributed by atoms with E-state index in [4.69, 9.17) is 0 Å². The topological polar surface area (TPSA) is 66.7 Å². The second-order valence-electron chi connectivity index (χ2n) is 8.64. The minimum absolute atomic E-state index is 0.0280. The smallest absolute Gasteiger partial charge is 0.292 e. The number of hydrogen-bond acceptors (Lipinski definition) is 4. The van der Waals surface area contributed by atoms with Crippen LogP contribution in [0.15, 0.2) is 42.5 Å². The number of nitro benzene ring substituents is 1. The number of amides is 1. The molecule has 1 fully saturated rings. The Labute approximate surface area is 177 Å². The molecule has 2 heterocycles. The van der Waals surface area contributed by atoms with E-state index >= 15 is 0 Å². The summed E-state index contributed by atoms with van der Waals surface area (Å²) < 4.78 is 0. The van der Waals surface area contributed by atoms with E-state index in [9.17, 15) is 14.9 Å². The highest BCUT2D eigenvalue weighted by Gasteiger charge is 2.32. The monoisotopic (exact) mass is 407 g/mol. The summed E-state index contributed by atoms with van der Waals surface area (Å²) in [5.41, 5.74) is 4.45. The first-order valence-electron chi connectivity index (χ1n) is 10.9. The second kappa shape index (κ2) is 8.46. The molecule has 0 spiro atoms. The number of fused-ring (bicyclic) bond motifs is 1. The number of nitrogens with zero attached hydrogens (tertiary/aromatic N) is 3. The van der Waals surface area contributed by atoms with Crippen LogP contribution in [-0.4, -0.2) is 30.5 Å². The summed E-state index contributed by atoms with van der Waals surface area (Å²) in [4.78, 5) is 28.4. The van der Waals surface area contributed by atoms with Gasteiger partial charge in [0.05, 0.1) is 4.92 Å². The fourth-order valence-corrected chi connectivity index (χ4v) is 4.68. The molecule has 2 aromatic carbocycles. The standard InChI is InChI=1S/C24H29N3O3/c1-17(2)19-9-10-21-20(16-19)6-5-13-26(21)24(28)18-11-14-25(15-12-18)22-7-3-4-8-23(22)27(29)30/h3-4,7-10,16-18H,5-6,11-15H2,1-2H3. The van der Waals surface area contributed by atoms with Crippen molar-refractivity contribution in [2.75, 3.05) is 29.4 Å². The maximum absolute atomic E-state index is 13.4. The molecule has 4 rings (SSSR count). The molecule has 0 saturated carbocycles. The summed E-state index contributed by atoms with van der Waals surface area (Å²) in [5, 5.41) is 11.3. The van der Waals surface area contributed by atoms with Gasteiger partial charge in [-0.05, 0) is 54.9 Å². The number of aryl methyl sites for hydroxylation is 1. The first-order valence-corrected chi connectivity index (χ1v) is 10.9. The summed E-state index contributed by atoms with van der Waals surface area (Å²) in [6.45, 7) is 6.48. The van der Waals surface area contributed by atoms with Crippen LogP contribution in [0.2, 0.25) is 0 Å². The Hall–Kier alpha value is -2.89. The van der Waals surface area contributed by atoms with Gasteiger partial charge in [0.25, 0.3) is 5.69 Å². The molecule has 0 aliphatic carbocycles. The molecular weight excluding hydrogens is 378 g/mol. The number of benzene rings is 2. The fourth-order valence-electron chi connectivity index (χ4n) is 4.68. The molecule has 1 saturated heterocycles. The van der Waals surface area contributed by atoms with Crippen molar-refractivity contribution >= 4 is 23.0 Å². The van der Waals surface area contributed by atoms with Crippen molar-refractivity contribution in [3.63, 3.8) is 0 Å². The van der Waals surface area contributed by atoms with Crippen molar-refractivity contribution < 1.29 is 9.72 Å². The summed E-state index contributed by atoms with van der Waals surface area (Å²) in [6, 6.07) is 13.4. The van der Waals surface area contributed by atoms with E-state index in [2.05, 4.69) is 32.0 Å². The Morgan fingerprint density at radius 1 is 1.07 bits per heavy atom. The van der Waals surface area contributed by atoms with Gasteiger partial charge < -0.3 is 9.80 Å². The maximum atomic E-state index is 13.4. The molecule has 6 heteroatoms. The predicted octanol–water partition coefficient (Wildman–Crippen LogP) is 4.91. The number of carbonyl (C=O) groups is 1. The van der Waals surface area contributed by atoms with E-state index in [0.29, 0.717) is 24.7 Å². The Morgan fingerprint density at radius 3 is 2.50 bits per heavy atom. The van der Waals surface area contributed by atoms with E-state index in [0.717, 1.165) is 37.9 Å². The Morgan fingerprint density at radius 2 is 1.80 bits per heavy atom. The van der Waals surface area contributed by atoms with Gasteiger partial charge in [0.15, 0.2) is 0 Å². The van der Waals surface area contributed by atoms with Crippen molar-refractivity contribution in [2.45, 2.75) is 45.4 Å². The molecule has 0 radical (unpaired) electrons. The zero-order valence-electron chi connectivity index (χ0n) is 17.7. The van der Waals surface area contributed by atoms with Gasteiger partial charge >= 0.3 is 0 Å². The summed E-state index contributed by atoms with van der Waals surface area (Å²) in [7, 11) is 0. The van der Waals surface area contributed by atoms with Crippen LogP contribution in [0.1, 0.15) is 50.2 Å². The Bertz CT molecular complexity index is 948. The third-order valence-electron chi connectivity index (χ3n) is 6.42. The van der Waals surface area contributed by atoms with Gasteiger partial charge in [-0.2, -0.15) is 0 Å². The number of para-hydroxylation sites is 2. The van der Waals surface area contributed by atoms with E-state index in [1.54, 1.807) is 18.2 Å². The molecule has 30 heavy (non-hydrogen) atoms. The molecule has 0 N–H and O–H groups in total. The van der Waals surface area contributed by atoms with Gasteiger partial charge in [-0.3, -0.25) is 14.9 Å². The third-order valence-corrected chi connectivity index (χ3v) is 6.42. The highest BCUT2D eigenvalue weighted by Crippen LogP contribution is 2.35. The van der Waals surface area contributed by atoms with Gasteiger partial charge in [0, 0.05) is 37.3 Å². The zero-order valence-corrected chi connectivity index (χ0v) is 17.7. The zero-order chi connectivity index (χ0) is 21.3. The van der Waals surface area contributed by atoms with Crippen LogP contribution in [-0.2, 0) is 11.2 Å². The average molecular weight is 408 g/mol. The highest BCUT2D eigenvalue weighted by atomic mass is 16.6. The molecule has 0 bridgehead atoms. The molecule has 158 valence electrons. The minimum Gasteiger partial charge on any atom is -0.366 e. The SMILES string of the molecule is CC(C)c1ccc2c(c1)CCCN2C(=O)C1CCN(c2ccccc2[N+](=O)[O-])CC1. The Balaban J connectivity index is 1.47. The molecule has 2 aliphatic heterocycles. The normalized spacial score (nSPS) is 17.2. The predicted molar refractivity (Wildman–Crippen MR) is 119 cm³/mol. The van der Waals surface area contributed by atoms with Gasteiger partial charge in [-0.1, -0.05) is 38.1 Å². The number of hydrogen-bond donors (Lipinski definition) is 0. The van der Waals surface area contributed by atoms with Gasteiger partial charge in [-0.15, -0.1) is 0 Å². The van der Waals surface area contributed by atoms with Crippen molar-refractivity contribution in [1.29, 1.82) is 0 Å². The molecule has 0 atom stereocenters. The van der Waals surface area contributed by atoms with Crippen LogP contribution in [0.25, 0.3) is 0 Å². The van der Waals surface area contributed by atoms with Gasteiger partial charge in [0.2, 0.25) is 5.91 Å². The summed E-state index contributed by atoms with van der Waals surface area (Å²) in [5.74, 6) is 0.656. The lowest BCUT2D eigenvalue weighted by atomic mass is 9.91. The third kappa shape index (κ3) is 3.91. The van der Waals surface area contributed by atoms with Crippen molar-refractivity contribution in [3.8, 4) is 0 Å². The largest absolute Gasteiger partial charge is 0.366 e. The fraction of sp³-hybridized carbons (Fsp3) is 0.458.